The fourth-order valence-corrected chi connectivity index (χ4v) is 4.84. The van der Waals surface area contributed by atoms with Gasteiger partial charge < -0.3 is 9.30 Å². The summed E-state index contributed by atoms with van der Waals surface area (Å²) in [6.07, 6.45) is 2.53. The van der Waals surface area contributed by atoms with Crippen molar-refractivity contribution in [2.75, 3.05) is 24.2 Å². The van der Waals surface area contributed by atoms with Gasteiger partial charge in [0.1, 0.15) is 12.3 Å². The number of aromatic nitrogens is 1. The molecule has 0 unspecified atom stereocenters. The van der Waals surface area contributed by atoms with Gasteiger partial charge in [-0.15, -0.1) is 0 Å². The van der Waals surface area contributed by atoms with Gasteiger partial charge in [-0.3, -0.25) is 9.10 Å². The van der Waals surface area contributed by atoms with Crippen molar-refractivity contribution in [3.63, 3.8) is 0 Å². The summed E-state index contributed by atoms with van der Waals surface area (Å²) in [7, 11) is -2.19. The van der Waals surface area contributed by atoms with Gasteiger partial charge in [-0.2, -0.15) is 5.10 Å². The normalized spacial score (nSPS) is 11.6. The molecule has 2 aromatic carbocycles. The van der Waals surface area contributed by atoms with Gasteiger partial charge in [0.2, 0.25) is 10.0 Å². The lowest BCUT2D eigenvalue weighted by atomic mass is 10.2. The lowest BCUT2D eigenvalue weighted by Crippen LogP contribution is -2.39. The van der Waals surface area contributed by atoms with E-state index in [1.54, 1.807) is 42.5 Å². The first-order valence-electron chi connectivity index (χ1n) is 10.1. The minimum atomic E-state index is -3.70. The van der Waals surface area contributed by atoms with Crippen molar-refractivity contribution in [1.29, 1.82) is 0 Å². The van der Waals surface area contributed by atoms with E-state index in [1.807, 2.05) is 24.5 Å². The zero-order valence-electron chi connectivity index (χ0n) is 19.0. The largest absolute Gasteiger partial charge is 0.497 e. The van der Waals surface area contributed by atoms with E-state index in [0.717, 1.165) is 33.2 Å². The van der Waals surface area contributed by atoms with Gasteiger partial charge in [0.15, 0.2) is 0 Å². The van der Waals surface area contributed by atoms with Crippen LogP contribution >= 0.6 is 23.2 Å². The standard InChI is InChI=1S/C23H24Cl2N4O4S/c1-15-9-17(16(2)29(15)21-11-18(24)10-19(25)12-21)13-26-27-23(30)14-28(34(4,31)32)20-5-7-22(33-3)8-6-20/h5-13H,14H2,1-4H3,(H,27,30)/b26-13-. The first-order chi connectivity index (χ1) is 16.0. The Morgan fingerprint density at radius 2 is 1.74 bits per heavy atom. The van der Waals surface area contributed by atoms with E-state index < -0.39 is 22.5 Å². The molecule has 0 atom stereocenters. The SMILES string of the molecule is COc1ccc(N(CC(=O)N/N=C\c2cc(C)n(-c3cc(Cl)cc(Cl)c3)c2C)S(C)(=O)=O)cc1. The van der Waals surface area contributed by atoms with Crippen LogP contribution in [0.4, 0.5) is 5.69 Å². The van der Waals surface area contributed by atoms with E-state index in [-0.39, 0.29) is 0 Å². The molecule has 0 bridgehead atoms. The topological polar surface area (TPSA) is 93.0 Å². The average molecular weight is 523 g/mol. The maximum atomic E-state index is 12.5. The number of anilines is 1. The highest BCUT2D eigenvalue weighted by Crippen LogP contribution is 2.26. The van der Waals surface area contributed by atoms with Crippen molar-refractivity contribution in [2.24, 2.45) is 5.10 Å². The molecule has 1 N–H and O–H groups in total. The van der Waals surface area contributed by atoms with E-state index in [4.69, 9.17) is 27.9 Å². The number of nitrogens with zero attached hydrogens (tertiary/aromatic N) is 3. The summed E-state index contributed by atoms with van der Waals surface area (Å²) in [5.41, 5.74) is 6.09. The number of halogens is 2. The van der Waals surface area contributed by atoms with Gasteiger partial charge in [-0.05, 0) is 62.4 Å². The Balaban J connectivity index is 1.75. The molecule has 0 aliphatic carbocycles. The number of sulfonamides is 1. The molecule has 0 fully saturated rings. The fraction of sp³-hybridized carbons (Fsp3) is 0.217. The Morgan fingerprint density at radius 1 is 1.12 bits per heavy atom. The van der Waals surface area contributed by atoms with Crippen molar-refractivity contribution < 1.29 is 17.9 Å². The molecule has 0 spiro atoms. The Labute approximate surface area is 208 Å². The molecule has 1 amide bonds. The molecule has 180 valence electrons. The van der Waals surface area contributed by atoms with Crippen molar-refractivity contribution >= 4 is 51.0 Å². The number of hydrogen-bond acceptors (Lipinski definition) is 5. The summed E-state index contributed by atoms with van der Waals surface area (Å²) in [6, 6.07) is 13.5. The van der Waals surface area contributed by atoms with Crippen LogP contribution in [0.1, 0.15) is 17.0 Å². The van der Waals surface area contributed by atoms with Crippen LogP contribution in [0.15, 0.2) is 53.6 Å². The molecule has 11 heteroatoms. The summed E-state index contributed by atoms with van der Waals surface area (Å²) in [5.74, 6) is -0.0168. The Bertz CT molecular complexity index is 1320. The van der Waals surface area contributed by atoms with Crippen LogP contribution in [0, 0.1) is 13.8 Å². The number of benzene rings is 2. The highest BCUT2D eigenvalue weighted by Gasteiger charge is 2.21. The minimum absolute atomic E-state index is 0.339. The maximum absolute atomic E-state index is 12.5. The van der Waals surface area contributed by atoms with Gasteiger partial charge in [-0.25, -0.2) is 13.8 Å². The summed E-state index contributed by atoms with van der Waals surface area (Å²) < 4.78 is 32.5. The number of rotatable bonds is 8. The van der Waals surface area contributed by atoms with Crippen LogP contribution in [0.3, 0.4) is 0 Å². The lowest BCUT2D eigenvalue weighted by molar-refractivity contribution is -0.119. The smallest absolute Gasteiger partial charge is 0.260 e. The molecule has 0 aliphatic heterocycles. The van der Waals surface area contributed by atoms with Crippen LogP contribution in [-0.4, -0.2) is 45.0 Å². The summed E-state index contributed by atoms with van der Waals surface area (Å²) in [4.78, 5) is 12.5. The predicted molar refractivity (Wildman–Crippen MR) is 136 cm³/mol. The molecule has 3 rings (SSSR count). The Morgan fingerprint density at radius 3 is 2.29 bits per heavy atom. The van der Waals surface area contributed by atoms with E-state index in [2.05, 4.69) is 10.5 Å². The third kappa shape index (κ3) is 6.11. The number of aryl methyl sites for hydroxylation is 1. The number of nitrogens with one attached hydrogen (secondary N) is 1. The van der Waals surface area contributed by atoms with Gasteiger partial charge in [-0.1, -0.05) is 23.2 Å². The van der Waals surface area contributed by atoms with Crippen molar-refractivity contribution in [3.8, 4) is 11.4 Å². The predicted octanol–water partition coefficient (Wildman–Crippen LogP) is 4.33. The van der Waals surface area contributed by atoms with Crippen LogP contribution in [-0.2, 0) is 14.8 Å². The average Bonchev–Trinajstić information content (AvgIpc) is 3.03. The number of ether oxygens (including phenoxy) is 1. The molecular formula is C23H24Cl2N4O4S. The number of carbonyl (C=O) groups excluding carboxylic acids is 1. The molecule has 1 aromatic heterocycles. The number of hydrogen-bond donors (Lipinski definition) is 1. The summed E-state index contributed by atoms with van der Waals surface area (Å²) in [5, 5.41) is 5.05. The number of methoxy groups -OCH3 is 1. The number of hydrazone groups is 1. The van der Waals surface area contributed by atoms with Gasteiger partial charge in [0, 0.05) is 32.7 Å². The number of amides is 1. The third-order valence-corrected chi connectivity index (χ3v) is 6.59. The van der Waals surface area contributed by atoms with Crippen LogP contribution in [0.2, 0.25) is 10.0 Å². The first-order valence-corrected chi connectivity index (χ1v) is 12.7. The van der Waals surface area contributed by atoms with E-state index in [1.165, 1.54) is 13.3 Å². The zero-order chi connectivity index (χ0) is 25.0. The van der Waals surface area contributed by atoms with E-state index in [0.29, 0.717) is 21.5 Å². The zero-order valence-corrected chi connectivity index (χ0v) is 21.4. The maximum Gasteiger partial charge on any atom is 0.260 e. The van der Waals surface area contributed by atoms with Crippen molar-refractivity contribution in [2.45, 2.75) is 13.8 Å². The Hall–Kier alpha value is -3.01. The molecule has 1 heterocycles. The van der Waals surface area contributed by atoms with E-state index >= 15 is 0 Å². The molecular weight excluding hydrogens is 499 g/mol. The Kier molecular flexibility index (Phi) is 7.91. The summed E-state index contributed by atoms with van der Waals surface area (Å²) >= 11 is 12.3. The molecule has 0 radical (unpaired) electrons. The van der Waals surface area contributed by atoms with E-state index in [9.17, 15) is 13.2 Å². The second-order valence-electron chi connectivity index (χ2n) is 7.55. The molecule has 0 aliphatic rings. The van der Waals surface area contributed by atoms with Gasteiger partial charge >= 0.3 is 0 Å². The third-order valence-electron chi connectivity index (χ3n) is 5.02. The minimum Gasteiger partial charge on any atom is -0.497 e. The van der Waals surface area contributed by atoms with Gasteiger partial charge in [0.25, 0.3) is 5.91 Å². The molecule has 0 saturated carbocycles. The second kappa shape index (κ2) is 10.5. The van der Waals surface area contributed by atoms with Gasteiger partial charge in [0.05, 0.1) is 25.3 Å². The lowest BCUT2D eigenvalue weighted by Gasteiger charge is -2.21. The summed E-state index contributed by atoms with van der Waals surface area (Å²) in [6.45, 7) is 3.40. The van der Waals surface area contributed by atoms with Crippen LogP contribution in [0.5, 0.6) is 5.75 Å². The second-order valence-corrected chi connectivity index (χ2v) is 10.3. The molecule has 3 aromatic rings. The molecule has 0 saturated heterocycles. The highest BCUT2D eigenvalue weighted by molar-refractivity contribution is 7.92. The quantitative estimate of drug-likeness (QED) is 0.352. The van der Waals surface area contributed by atoms with Crippen LogP contribution < -0.4 is 14.5 Å². The fourth-order valence-electron chi connectivity index (χ4n) is 3.47. The highest BCUT2D eigenvalue weighted by atomic mass is 35.5. The molecule has 34 heavy (non-hydrogen) atoms. The molecule has 8 nitrogen and oxygen atoms in total. The van der Waals surface area contributed by atoms with Crippen molar-refractivity contribution in [1.82, 2.24) is 9.99 Å². The number of carbonyl (C=O) groups is 1. The first kappa shape index (κ1) is 25.6. The van der Waals surface area contributed by atoms with Crippen LogP contribution in [0.25, 0.3) is 5.69 Å². The monoisotopic (exact) mass is 522 g/mol. The van der Waals surface area contributed by atoms with Crippen molar-refractivity contribution in [3.05, 3.63) is 75.5 Å².